The van der Waals surface area contributed by atoms with Crippen molar-refractivity contribution >= 4 is 11.4 Å². The summed E-state index contributed by atoms with van der Waals surface area (Å²) in [5.74, 6) is 0. The first kappa shape index (κ1) is 7.88. The number of anilines is 2. The van der Waals surface area contributed by atoms with Gasteiger partial charge in [-0.05, 0) is 24.6 Å². The van der Waals surface area contributed by atoms with E-state index in [0.717, 1.165) is 16.9 Å². The van der Waals surface area contributed by atoms with Crippen LogP contribution in [-0.2, 0) is 4.84 Å². The minimum Gasteiger partial charge on any atom is -0.398 e. The number of rotatable bonds is 2. The topological polar surface area (TPSA) is 47.3 Å². The van der Waals surface area contributed by atoms with E-state index in [1.165, 1.54) is 0 Å². The predicted molar refractivity (Wildman–Crippen MR) is 46.2 cm³/mol. The molecule has 0 amide bonds. The highest BCUT2D eigenvalue weighted by Crippen LogP contribution is 2.16. The molecule has 0 aliphatic heterocycles. The standard InChI is InChI=1S/C8H12N2O/c1-6-3-4-7(10-11-2)5-8(6)9/h3-5,10H,9H2,1-2H3. The van der Waals surface area contributed by atoms with E-state index < -0.39 is 0 Å². The Morgan fingerprint density at radius 2 is 2.18 bits per heavy atom. The van der Waals surface area contributed by atoms with Crippen LogP contribution in [-0.4, -0.2) is 7.11 Å². The van der Waals surface area contributed by atoms with Gasteiger partial charge in [0.25, 0.3) is 0 Å². The fourth-order valence-corrected chi connectivity index (χ4v) is 0.822. The number of aryl methyl sites for hydroxylation is 1. The zero-order valence-corrected chi connectivity index (χ0v) is 6.72. The summed E-state index contributed by atoms with van der Waals surface area (Å²) in [6, 6.07) is 5.69. The Hall–Kier alpha value is -1.22. The van der Waals surface area contributed by atoms with Gasteiger partial charge in [-0.25, -0.2) is 0 Å². The van der Waals surface area contributed by atoms with Gasteiger partial charge in [-0.15, -0.1) is 0 Å². The Bertz CT molecular complexity index is 248. The molecule has 0 aliphatic carbocycles. The van der Waals surface area contributed by atoms with Crippen LogP contribution in [0.2, 0.25) is 0 Å². The summed E-state index contributed by atoms with van der Waals surface area (Å²) in [5, 5.41) is 0. The van der Waals surface area contributed by atoms with Crippen LogP contribution in [0.3, 0.4) is 0 Å². The molecule has 0 aromatic heterocycles. The number of nitrogens with two attached hydrogens (primary N) is 1. The zero-order valence-electron chi connectivity index (χ0n) is 6.72. The van der Waals surface area contributed by atoms with Crippen LogP contribution in [0.5, 0.6) is 0 Å². The van der Waals surface area contributed by atoms with Crippen molar-refractivity contribution in [3.05, 3.63) is 23.8 Å². The maximum Gasteiger partial charge on any atom is 0.0636 e. The van der Waals surface area contributed by atoms with Crippen LogP contribution in [0, 0.1) is 6.92 Å². The van der Waals surface area contributed by atoms with Gasteiger partial charge in [0.1, 0.15) is 0 Å². The fraction of sp³-hybridized carbons (Fsp3) is 0.250. The van der Waals surface area contributed by atoms with Crippen molar-refractivity contribution in [2.45, 2.75) is 6.92 Å². The molecule has 0 saturated carbocycles. The van der Waals surface area contributed by atoms with Crippen LogP contribution >= 0.6 is 0 Å². The van der Waals surface area contributed by atoms with Gasteiger partial charge < -0.3 is 5.73 Å². The highest BCUT2D eigenvalue weighted by molar-refractivity contribution is 5.57. The monoisotopic (exact) mass is 152 g/mol. The lowest BCUT2D eigenvalue weighted by Crippen LogP contribution is -1.97. The number of benzene rings is 1. The molecule has 1 rings (SSSR count). The first-order chi connectivity index (χ1) is 5.24. The molecule has 0 saturated heterocycles. The van der Waals surface area contributed by atoms with Gasteiger partial charge in [-0.3, -0.25) is 10.3 Å². The van der Waals surface area contributed by atoms with E-state index in [9.17, 15) is 0 Å². The van der Waals surface area contributed by atoms with Crippen LogP contribution in [0.1, 0.15) is 5.56 Å². The number of hydrogen-bond acceptors (Lipinski definition) is 3. The summed E-state index contributed by atoms with van der Waals surface area (Å²) >= 11 is 0. The van der Waals surface area contributed by atoms with E-state index in [0.29, 0.717) is 0 Å². The van der Waals surface area contributed by atoms with Crippen LogP contribution in [0.4, 0.5) is 11.4 Å². The lowest BCUT2D eigenvalue weighted by molar-refractivity contribution is 0.271. The van der Waals surface area contributed by atoms with E-state index in [-0.39, 0.29) is 0 Å². The Kier molecular flexibility index (Phi) is 2.33. The van der Waals surface area contributed by atoms with Crippen molar-refractivity contribution in [1.82, 2.24) is 0 Å². The first-order valence-corrected chi connectivity index (χ1v) is 3.39. The molecule has 3 heteroatoms. The minimum atomic E-state index is 0.770. The lowest BCUT2D eigenvalue weighted by Gasteiger charge is -2.04. The Morgan fingerprint density at radius 3 is 2.73 bits per heavy atom. The first-order valence-electron chi connectivity index (χ1n) is 3.39. The van der Waals surface area contributed by atoms with Crippen molar-refractivity contribution in [3.8, 4) is 0 Å². The van der Waals surface area contributed by atoms with Crippen molar-refractivity contribution in [2.24, 2.45) is 0 Å². The smallest absolute Gasteiger partial charge is 0.0636 e. The van der Waals surface area contributed by atoms with Crippen molar-refractivity contribution in [3.63, 3.8) is 0 Å². The molecule has 0 unspecified atom stereocenters. The molecule has 3 nitrogen and oxygen atoms in total. The van der Waals surface area contributed by atoms with Gasteiger partial charge in [0.15, 0.2) is 0 Å². The predicted octanol–water partition coefficient (Wildman–Crippen LogP) is 1.55. The lowest BCUT2D eigenvalue weighted by atomic mass is 10.2. The van der Waals surface area contributed by atoms with Crippen LogP contribution in [0.25, 0.3) is 0 Å². The summed E-state index contributed by atoms with van der Waals surface area (Å²) < 4.78 is 0. The van der Waals surface area contributed by atoms with Crippen LogP contribution in [0.15, 0.2) is 18.2 Å². The fourth-order valence-electron chi connectivity index (χ4n) is 0.822. The molecule has 60 valence electrons. The summed E-state index contributed by atoms with van der Waals surface area (Å²) in [4.78, 5) is 4.72. The summed E-state index contributed by atoms with van der Waals surface area (Å²) in [6.07, 6.45) is 0. The molecule has 0 aliphatic rings. The normalized spacial score (nSPS) is 9.64. The summed E-state index contributed by atoms with van der Waals surface area (Å²) in [7, 11) is 1.57. The van der Waals surface area contributed by atoms with E-state index in [1.807, 2.05) is 25.1 Å². The van der Waals surface area contributed by atoms with Gasteiger partial charge in [0.2, 0.25) is 0 Å². The average Bonchev–Trinajstić information content (AvgIpc) is 1.98. The number of hydrogen-bond donors (Lipinski definition) is 2. The molecular weight excluding hydrogens is 140 g/mol. The third-order valence-corrected chi connectivity index (χ3v) is 1.50. The van der Waals surface area contributed by atoms with Crippen molar-refractivity contribution < 1.29 is 4.84 Å². The van der Waals surface area contributed by atoms with Gasteiger partial charge in [-0.1, -0.05) is 6.07 Å². The van der Waals surface area contributed by atoms with E-state index >= 15 is 0 Å². The molecule has 0 fully saturated rings. The zero-order chi connectivity index (χ0) is 8.27. The van der Waals surface area contributed by atoms with E-state index in [4.69, 9.17) is 10.6 Å². The second-order valence-electron chi connectivity index (χ2n) is 2.38. The second-order valence-corrected chi connectivity index (χ2v) is 2.38. The molecule has 1 aromatic carbocycles. The van der Waals surface area contributed by atoms with E-state index in [2.05, 4.69) is 5.48 Å². The summed E-state index contributed by atoms with van der Waals surface area (Å²) in [6.45, 7) is 1.96. The van der Waals surface area contributed by atoms with Gasteiger partial charge in [-0.2, -0.15) is 0 Å². The Balaban J connectivity index is 2.86. The maximum absolute atomic E-state index is 5.66. The van der Waals surface area contributed by atoms with Gasteiger partial charge in [0.05, 0.1) is 12.8 Å². The molecule has 0 bridgehead atoms. The SMILES string of the molecule is CONc1ccc(C)c(N)c1. The highest BCUT2D eigenvalue weighted by Gasteiger charge is 1.94. The van der Waals surface area contributed by atoms with Gasteiger partial charge >= 0.3 is 0 Å². The molecule has 3 N–H and O–H groups in total. The van der Waals surface area contributed by atoms with E-state index in [1.54, 1.807) is 7.11 Å². The molecule has 0 spiro atoms. The molecule has 0 atom stereocenters. The molecule has 0 heterocycles. The Labute approximate surface area is 66.1 Å². The number of nitrogens with one attached hydrogen (secondary N) is 1. The third kappa shape index (κ3) is 1.85. The van der Waals surface area contributed by atoms with Crippen molar-refractivity contribution in [2.75, 3.05) is 18.3 Å². The molecule has 11 heavy (non-hydrogen) atoms. The highest BCUT2D eigenvalue weighted by atomic mass is 16.6. The second kappa shape index (κ2) is 3.25. The van der Waals surface area contributed by atoms with Crippen LogP contribution < -0.4 is 11.2 Å². The maximum atomic E-state index is 5.66. The molecule has 1 aromatic rings. The Morgan fingerprint density at radius 1 is 1.45 bits per heavy atom. The quantitative estimate of drug-likeness (QED) is 0.499. The third-order valence-electron chi connectivity index (χ3n) is 1.50. The molecular formula is C8H12N2O. The average molecular weight is 152 g/mol. The minimum absolute atomic E-state index is 0.770. The summed E-state index contributed by atoms with van der Waals surface area (Å²) in [5.41, 5.74) is 11.1. The number of nitrogen functional groups attached to an aromatic ring is 1. The van der Waals surface area contributed by atoms with Crippen molar-refractivity contribution in [1.29, 1.82) is 0 Å². The van der Waals surface area contributed by atoms with Gasteiger partial charge in [0, 0.05) is 5.69 Å². The molecule has 0 radical (unpaired) electrons. The largest absolute Gasteiger partial charge is 0.398 e.